The van der Waals surface area contributed by atoms with Gasteiger partial charge in [-0.2, -0.15) is 0 Å². The lowest BCUT2D eigenvalue weighted by Crippen LogP contribution is -2.31. The molecule has 1 N–H and O–H groups in total. The van der Waals surface area contributed by atoms with Crippen LogP contribution in [0.1, 0.15) is 6.92 Å². The zero-order valence-corrected chi connectivity index (χ0v) is 7.87. The molecule has 0 aliphatic carbocycles. The Balaban J connectivity index is 2.79. The molecule has 1 aliphatic rings. The lowest BCUT2D eigenvalue weighted by Gasteiger charge is -2.20. The second-order valence-corrected chi connectivity index (χ2v) is 3.61. The summed E-state index contributed by atoms with van der Waals surface area (Å²) < 4.78 is 0. The van der Waals surface area contributed by atoms with Crippen LogP contribution in [0.15, 0.2) is 5.16 Å². The molecule has 1 saturated heterocycles. The summed E-state index contributed by atoms with van der Waals surface area (Å²) in [6.45, 7) is 3.74. The van der Waals surface area contributed by atoms with Crippen LogP contribution in [0.4, 0.5) is 0 Å². The number of likely N-dealkylation sites (tertiary alicyclic amines) is 1. The predicted octanol–water partition coefficient (Wildman–Crippen LogP) is -0.0672. The van der Waals surface area contributed by atoms with Crippen LogP contribution in [-0.2, 0) is 4.84 Å². The molecule has 0 bridgehead atoms. The van der Waals surface area contributed by atoms with Crippen LogP contribution in [0, 0.1) is 5.41 Å². The van der Waals surface area contributed by atoms with Gasteiger partial charge in [0.05, 0.1) is 12.3 Å². The fourth-order valence-electron chi connectivity index (χ4n) is 1.58. The normalized spacial score (nSPS) is 34.5. The van der Waals surface area contributed by atoms with Gasteiger partial charge in [0.15, 0.2) is 0 Å². The minimum absolute atomic E-state index is 0.125. The second-order valence-electron chi connectivity index (χ2n) is 3.61. The first-order valence-electron chi connectivity index (χ1n) is 4.02. The van der Waals surface area contributed by atoms with Gasteiger partial charge in [-0.05, 0) is 7.05 Å². The fourth-order valence-corrected chi connectivity index (χ4v) is 1.58. The monoisotopic (exact) mass is 172 g/mol. The van der Waals surface area contributed by atoms with Gasteiger partial charge < -0.3 is 9.94 Å². The quantitative estimate of drug-likeness (QED) is 0.593. The van der Waals surface area contributed by atoms with Crippen molar-refractivity contribution in [3.63, 3.8) is 0 Å². The minimum atomic E-state index is -0.218. The van der Waals surface area contributed by atoms with E-state index in [-0.39, 0.29) is 12.0 Å². The van der Waals surface area contributed by atoms with Crippen molar-refractivity contribution < 1.29 is 9.94 Å². The van der Waals surface area contributed by atoms with Crippen molar-refractivity contribution in [1.29, 1.82) is 0 Å². The first kappa shape index (κ1) is 9.48. The number of aliphatic hydroxyl groups is 1. The lowest BCUT2D eigenvalue weighted by molar-refractivity contribution is 0.174. The molecule has 0 aromatic rings. The molecular weight excluding hydrogens is 156 g/mol. The number of rotatable bonds is 2. The Bertz CT molecular complexity index is 193. The Labute approximate surface area is 72.8 Å². The molecule has 0 amide bonds. The molecule has 1 unspecified atom stereocenters. The molecule has 1 rings (SSSR count). The molecule has 70 valence electrons. The molecule has 12 heavy (non-hydrogen) atoms. The van der Waals surface area contributed by atoms with E-state index >= 15 is 0 Å². The summed E-state index contributed by atoms with van der Waals surface area (Å²) in [5.41, 5.74) is 0.708. The van der Waals surface area contributed by atoms with Gasteiger partial charge >= 0.3 is 0 Å². The molecule has 0 aromatic heterocycles. The van der Waals surface area contributed by atoms with Crippen molar-refractivity contribution in [2.75, 3.05) is 33.9 Å². The Morgan fingerprint density at radius 1 is 1.75 bits per heavy atom. The minimum Gasteiger partial charge on any atom is -0.399 e. The highest BCUT2D eigenvalue weighted by atomic mass is 16.6. The number of hydrogen-bond acceptors (Lipinski definition) is 4. The van der Waals surface area contributed by atoms with Crippen molar-refractivity contribution in [1.82, 2.24) is 4.90 Å². The molecule has 1 heterocycles. The van der Waals surface area contributed by atoms with Gasteiger partial charge in [-0.1, -0.05) is 12.1 Å². The predicted molar refractivity (Wildman–Crippen MR) is 47.1 cm³/mol. The standard InChI is InChI=1S/C8H16N2O2/c1-8(6-11)5-10(2)4-7(8)9-12-3/h11H,4-6H2,1-3H3/b9-7-. The summed E-state index contributed by atoms with van der Waals surface area (Å²) >= 11 is 0. The van der Waals surface area contributed by atoms with E-state index in [1.165, 1.54) is 7.11 Å². The SMILES string of the molecule is CO/N=C1/CN(C)CC1(C)CO. The number of aliphatic hydroxyl groups excluding tert-OH is 1. The highest BCUT2D eigenvalue weighted by Crippen LogP contribution is 2.25. The third kappa shape index (κ3) is 1.59. The Hall–Kier alpha value is -0.610. The third-order valence-corrected chi connectivity index (χ3v) is 2.29. The van der Waals surface area contributed by atoms with E-state index in [0.29, 0.717) is 0 Å². The van der Waals surface area contributed by atoms with Crippen LogP contribution in [0.3, 0.4) is 0 Å². The molecule has 1 fully saturated rings. The first-order chi connectivity index (χ1) is 5.62. The molecule has 0 radical (unpaired) electrons. The van der Waals surface area contributed by atoms with Crippen LogP contribution in [0.2, 0.25) is 0 Å². The van der Waals surface area contributed by atoms with Crippen molar-refractivity contribution in [2.45, 2.75) is 6.92 Å². The van der Waals surface area contributed by atoms with Crippen LogP contribution in [-0.4, -0.2) is 49.6 Å². The van der Waals surface area contributed by atoms with Gasteiger partial charge in [0.2, 0.25) is 0 Å². The fraction of sp³-hybridized carbons (Fsp3) is 0.875. The summed E-state index contributed by atoms with van der Waals surface area (Å²) in [7, 11) is 3.54. The topological polar surface area (TPSA) is 45.1 Å². The summed E-state index contributed by atoms with van der Waals surface area (Å²) in [5.74, 6) is 0. The van der Waals surface area contributed by atoms with E-state index in [1.807, 2.05) is 14.0 Å². The maximum Gasteiger partial charge on any atom is 0.106 e. The van der Waals surface area contributed by atoms with E-state index in [1.54, 1.807) is 0 Å². The van der Waals surface area contributed by atoms with Crippen LogP contribution in [0.5, 0.6) is 0 Å². The van der Waals surface area contributed by atoms with Crippen LogP contribution < -0.4 is 0 Å². The van der Waals surface area contributed by atoms with Gasteiger partial charge in [0.1, 0.15) is 7.11 Å². The van der Waals surface area contributed by atoms with Crippen molar-refractivity contribution in [3.8, 4) is 0 Å². The van der Waals surface area contributed by atoms with Crippen LogP contribution in [0.25, 0.3) is 0 Å². The molecule has 4 heteroatoms. The molecular formula is C8H16N2O2. The second kappa shape index (κ2) is 3.41. The Morgan fingerprint density at radius 2 is 2.42 bits per heavy atom. The molecule has 0 spiro atoms. The van der Waals surface area contributed by atoms with Gasteiger partial charge in [-0.3, -0.25) is 4.90 Å². The molecule has 1 aliphatic heterocycles. The van der Waals surface area contributed by atoms with E-state index in [0.717, 1.165) is 18.8 Å². The Kier molecular flexibility index (Phi) is 2.69. The number of oxime groups is 1. The van der Waals surface area contributed by atoms with E-state index in [4.69, 9.17) is 4.84 Å². The summed E-state index contributed by atoms with van der Waals surface area (Å²) in [5, 5.41) is 13.1. The van der Waals surface area contributed by atoms with Gasteiger partial charge in [0.25, 0.3) is 0 Å². The third-order valence-electron chi connectivity index (χ3n) is 2.29. The summed E-state index contributed by atoms with van der Waals surface area (Å²) in [6, 6.07) is 0. The zero-order chi connectivity index (χ0) is 9.19. The van der Waals surface area contributed by atoms with Crippen molar-refractivity contribution in [3.05, 3.63) is 0 Å². The molecule has 0 saturated carbocycles. The van der Waals surface area contributed by atoms with Crippen molar-refractivity contribution >= 4 is 5.71 Å². The first-order valence-corrected chi connectivity index (χ1v) is 4.02. The maximum absolute atomic E-state index is 9.18. The smallest absolute Gasteiger partial charge is 0.106 e. The van der Waals surface area contributed by atoms with E-state index in [9.17, 15) is 5.11 Å². The van der Waals surface area contributed by atoms with Crippen LogP contribution >= 0.6 is 0 Å². The molecule has 0 aromatic carbocycles. The highest BCUT2D eigenvalue weighted by Gasteiger charge is 2.38. The summed E-state index contributed by atoms with van der Waals surface area (Å²) in [6.07, 6.45) is 0. The molecule has 1 atom stereocenters. The number of nitrogens with zero attached hydrogens (tertiary/aromatic N) is 2. The lowest BCUT2D eigenvalue weighted by atomic mass is 9.89. The van der Waals surface area contributed by atoms with E-state index < -0.39 is 0 Å². The van der Waals surface area contributed by atoms with Gasteiger partial charge in [-0.25, -0.2) is 0 Å². The average molecular weight is 172 g/mol. The van der Waals surface area contributed by atoms with Gasteiger partial charge in [0, 0.05) is 18.5 Å². The van der Waals surface area contributed by atoms with Crippen molar-refractivity contribution in [2.24, 2.45) is 10.6 Å². The molecule has 4 nitrogen and oxygen atoms in total. The Morgan fingerprint density at radius 3 is 2.92 bits per heavy atom. The maximum atomic E-state index is 9.18. The average Bonchev–Trinajstić information content (AvgIpc) is 2.29. The summed E-state index contributed by atoms with van der Waals surface area (Å²) in [4.78, 5) is 6.84. The zero-order valence-electron chi connectivity index (χ0n) is 7.87. The largest absolute Gasteiger partial charge is 0.399 e. The number of hydrogen-bond donors (Lipinski definition) is 1. The van der Waals surface area contributed by atoms with Gasteiger partial charge in [-0.15, -0.1) is 0 Å². The van der Waals surface area contributed by atoms with E-state index in [2.05, 4.69) is 10.1 Å². The highest BCUT2D eigenvalue weighted by molar-refractivity contribution is 5.93.